The third kappa shape index (κ3) is 5.66. The van der Waals surface area contributed by atoms with Gasteiger partial charge in [-0.1, -0.05) is 17.3 Å². The van der Waals surface area contributed by atoms with Crippen molar-refractivity contribution in [2.75, 3.05) is 19.4 Å². The van der Waals surface area contributed by atoms with Crippen LogP contribution in [0.25, 0.3) is 11.4 Å². The van der Waals surface area contributed by atoms with Gasteiger partial charge in [-0.25, -0.2) is 4.39 Å². The van der Waals surface area contributed by atoms with Crippen molar-refractivity contribution in [1.29, 1.82) is 0 Å². The number of halogens is 1. The number of hydrogen-bond donors (Lipinski definition) is 1. The molecule has 3 rings (SSSR count). The van der Waals surface area contributed by atoms with Gasteiger partial charge in [-0.05, 0) is 54.6 Å². The van der Waals surface area contributed by atoms with Crippen LogP contribution in [0.1, 0.15) is 17.9 Å². The van der Waals surface area contributed by atoms with Gasteiger partial charge in [0, 0.05) is 43.1 Å². The average molecular weight is 428 g/mol. The van der Waals surface area contributed by atoms with Gasteiger partial charge in [0.25, 0.3) is 5.24 Å². The van der Waals surface area contributed by atoms with Crippen molar-refractivity contribution in [3.63, 3.8) is 0 Å². The molecule has 0 saturated carbocycles. The van der Waals surface area contributed by atoms with Gasteiger partial charge < -0.3 is 14.7 Å². The molecule has 0 unspecified atom stereocenters. The minimum absolute atomic E-state index is 0.0703. The summed E-state index contributed by atoms with van der Waals surface area (Å²) < 4.78 is 18.9. The molecular formula is C21H21FN4O3S. The molecule has 0 aliphatic rings. The Morgan fingerprint density at radius 1 is 1.17 bits per heavy atom. The SMILES string of the molecule is Cc1ccc(-c2noc(CCC(=O)Nc3ccc(SC(=O)N(C)C)cc3)n2)cc1F. The molecule has 0 atom stereocenters. The summed E-state index contributed by atoms with van der Waals surface area (Å²) in [5.74, 6) is 0.0365. The predicted octanol–water partition coefficient (Wildman–Crippen LogP) is 4.53. The second-order valence-electron chi connectivity index (χ2n) is 6.81. The van der Waals surface area contributed by atoms with Crippen molar-refractivity contribution in [1.82, 2.24) is 15.0 Å². The number of thioether (sulfide) groups is 1. The van der Waals surface area contributed by atoms with Gasteiger partial charge in [-0.2, -0.15) is 4.98 Å². The molecule has 3 aromatic rings. The highest BCUT2D eigenvalue weighted by Crippen LogP contribution is 2.23. The maximum Gasteiger partial charge on any atom is 0.285 e. The van der Waals surface area contributed by atoms with Crippen LogP contribution in [0, 0.1) is 12.7 Å². The van der Waals surface area contributed by atoms with Gasteiger partial charge in [0.2, 0.25) is 17.6 Å². The smallest absolute Gasteiger partial charge is 0.285 e. The first-order valence-corrected chi connectivity index (χ1v) is 10.0. The molecule has 156 valence electrons. The van der Waals surface area contributed by atoms with Crippen LogP contribution in [0.3, 0.4) is 0 Å². The second kappa shape index (κ2) is 9.53. The molecule has 0 fully saturated rings. The fourth-order valence-corrected chi connectivity index (χ4v) is 3.10. The number of nitrogens with one attached hydrogen (secondary N) is 1. The number of nitrogens with zero attached hydrogens (tertiary/aromatic N) is 3. The van der Waals surface area contributed by atoms with Crippen LogP contribution in [0.4, 0.5) is 14.9 Å². The van der Waals surface area contributed by atoms with Crippen LogP contribution in [0.15, 0.2) is 51.9 Å². The van der Waals surface area contributed by atoms with E-state index in [1.165, 1.54) is 11.0 Å². The standard InChI is InChI=1S/C21H21FN4O3S/c1-13-4-5-14(12-17(13)22)20-24-19(29-25-20)11-10-18(27)23-15-6-8-16(9-7-15)30-21(28)26(2)3/h4-9,12H,10-11H2,1-3H3,(H,23,27). The fraction of sp³-hybridized carbons (Fsp3) is 0.238. The molecule has 30 heavy (non-hydrogen) atoms. The molecule has 0 bridgehead atoms. The lowest BCUT2D eigenvalue weighted by molar-refractivity contribution is -0.116. The average Bonchev–Trinajstić information content (AvgIpc) is 3.19. The summed E-state index contributed by atoms with van der Waals surface area (Å²) in [6, 6.07) is 11.7. The fourth-order valence-electron chi connectivity index (χ4n) is 2.45. The molecular weight excluding hydrogens is 407 g/mol. The zero-order valence-corrected chi connectivity index (χ0v) is 17.6. The van der Waals surface area contributed by atoms with E-state index in [0.29, 0.717) is 22.7 Å². The Morgan fingerprint density at radius 3 is 2.57 bits per heavy atom. The van der Waals surface area contributed by atoms with E-state index in [1.54, 1.807) is 57.4 Å². The third-order valence-corrected chi connectivity index (χ3v) is 5.22. The first-order valence-electron chi connectivity index (χ1n) is 9.20. The quantitative estimate of drug-likeness (QED) is 0.581. The number of aromatic nitrogens is 2. The Balaban J connectivity index is 1.52. The van der Waals surface area contributed by atoms with Crippen molar-refractivity contribution in [3.05, 3.63) is 59.7 Å². The summed E-state index contributed by atoms with van der Waals surface area (Å²) >= 11 is 1.11. The number of aryl methyl sites for hydroxylation is 2. The van der Waals surface area contributed by atoms with Crippen molar-refractivity contribution in [3.8, 4) is 11.4 Å². The molecule has 0 aliphatic carbocycles. The van der Waals surface area contributed by atoms with E-state index in [9.17, 15) is 14.0 Å². The van der Waals surface area contributed by atoms with Crippen molar-refractivity contribution >= 4 is 28.6 Å². The minimum atomic E-state index is -0.339. The van der Waals surface area contributed by atoms with Crippen LogP contribution in [-0.2, 0) is 11.2 Å². The highest BCUT2D eigenvalue weighted by atomic mass is 32.2. The topological polar surface area (TPSA) is 88.3 Å². The van der Waals surface area contributed by atoms with Crippen LogP contribution in [0.2, 0.25) is 0 Å². The molecule has 7 nitrogen and oxygen atoms in total. The molecule has 0 spiro atoms. The van der Waals surface area contributed by atoms with E-state index in [0.717, 1.165) is 16.7 Å². The van der Waals surface area contributed by atoms with Gasteiger partial charge in [0.15, 0.2) is 0 Å². The second-order valence-corrected chi connectivity index (χ2v) is 7.84. The molecule has 0 aliphatic heterocycles. The molecule has 2 amide bonds. The van der Waals surface area contributed by atoms with E-state index in [4.69, 9.17) is 4.52 Å². The molecule has 1 N–H and O–H groups in total. The van der Waals surface area contributed by atoms with Gasteiger partial charge in [-0.3, -0.25) is 9.59 Å². The van der Waals surface area contributed by atoms with Gasteiger partial charge in [0.1, 0.15) is 5.82 Å². The van der Waals surface area contributed by atoms with Gasteiger partial charge in [-0.15, -0.1) is 0 Å². The summed E-state index contributed by atoms with van der Waals surface area (Å²) in [4.78, 5) is 30.4. The summed E-state index contributed by atoms with van der Waals surface area (Å²) in [6.45, 7) is 1.68. The third-order valence-electron chi connectivity index (χ3n) is 4.17. The zero-order valence-electron chi connectivity index (χ0n) is 16.8. The van der Waals surface area contributed by atoms with Gasteiger partial charge in [0.05, 0.1) is 0 Å². The lowest BCUT2D eigenvalue weighted by Crippen LogP contribution is -2.16. The Morgan fingerprint density at radius 2 is 1.90 bits per heavy atom. The van der Waals surface area contributed by atoms with Crippen LogP contribution in [-0.4, -0.2) is 40.3 Å². The molecule has 1 heterocycles. The Hall–Kier alpha value is -3.20. The van der Waals surface area contributed by atoms with E-state index in [2.05, 4.69) is 15.5 Å². The normalized spacial score (nSPS) is 10.7. The van der Waals surface area contributed by atoms with E-state index in [1.807, 2.05) is 0 Å². The Labute approximate surface area is 177 Å². The van der Waals surface area contributed by atoms with E-state index in [-0.39, 0.29) is 35.6 Å². The minimum Gasteiger partial charge on any atom is -0.339 e. The largest absolute Gasteiger partial charge is 0.339 e. The number of benzene rings is 2. The number of hydrogen-bond acceptors (Lipinski definition) is 6. The number of anilines is 1. The van der Waals surface area contributed by atoms with Crippen molar-refractivity contribution in [2.45, 2.75) is 24.7 Å². The van der Waals surface area contributed by atoms with Crippen LogP contribution < -0.4 is 5.32 Å². The number of amides is 2. The molecule has 0 radical (unpaired) electrons. The van der Waals surface area contributed by atoms with E-state index < -0.39 is 0 Å². The van der Waals surface area contributed by atoms with Gasteiger partial charge >= 0.3 is 0 Å². The first-order chi connectivity index (χ1) is 14.3. The summed E-state index contributed by atoms with van der Waals surface area (Å²) in [7, 11) is 3.38. The molecule has 0 saturated heterocycles. The zero-order chi connectivity index (χ0) is 21.7. The van der Waals surface area contributed by atoms with Crippen molar-refractivity contribution < 1.29 is 18.5 Å². The number of carbonyl (C=O) groups excluding carboxylic acids is 2. The maximum absolute atomic E-state index is 13.7. The predicted molar refractivity (Wildman–Crippen MR) is 113 cm³/mol. The lowest BCUT2D eigenvalue weighted by atomic mass is 10.1. The van der Waals surface area contributed by atoms with Crippen LogP contribution >= 0.6 is 11.8 Å². The molecule has 2 aromatic carbocycles. The number of rotatable bonds is 6. The summed E-state index contributed by atoms with van der Waals surface area (Å²) in [6.07, 6.45) is 0.415. The lowest BCUT2D eigenvalue weighted by Gasteiger charge is -2.09. The van der Waals surface area contributed by atoms with Crippen molar-refractivity contribution in [2.24, 2.45) is 0 Å². The Kier molecular flexibility index (Phi) is 6.83. The Bertz CT molecular complexity index is 1050. The van der Waals surface area contributed by atoms with E-state index >= 15 is 0 Å². The maximum atomic E-state index is 13.7. The summed E-state index contributed by atoms with van der Waals surface area (Å²) in [5, 5.41) is 6.56. The van der Waals surface area contributed by atoms with Crippen LogP contribution in [0.5, 0.6) is 0 Å². The highest BCUT2D eigenvalue weighted by Gasteiger charge is 2.12. The monoisotopic (exact) mass is 428 g/mol. The molecule has 1 aromatic heterocycles. The summed E-state index contributed by atoms with van der Waals surface area (Å²) in [5.41, 5.74) is 1.68. The number of carbonyl (C=O) groups is 2. The highest BCUT2D eigenvalue weighted by molar-refractivity contribution is 8.13. The first kappa shape index (κ1) is 21.5. The molecule has 9 heteroatoms.